The Labute approximate surface area is 99.0 Å². The molecule has 1 rings (SSSR count). The Balaban J connectivity index is 2.35. The first-order valence-corrected chi connectivity index (χ1v) is 5.50. The maximum Gasteiger partial charge on any atom is 0.307 e. The smallest absolute Gasteiger partial charge is 0.307 e. The Morgan fingerprint density at radius 3 is 2.18 bits per heavy atom. The summed E-state index contributed by atoms with van der Waals surface area (Å²) < 4.78 is 0. The maximum absolute atomic E-state index is 11.7. The van der Waals surface area contributed by atoms with Gasteiger partial charge in [-0.15, -0.1) is 0 Å². The summed E-state index contributed by atoms with van der Waals surface area (Å²) in [5, 5.41) is 19.9. The fourth-order valence-corrected chi connectivity index (χ4v) is 2.15. The molecule has 3 N–H and O–H groups in total. The van der Waals surface area contributed by atoms with Crippen LogP contribution < -0.4 is 5.32 Å². The van der Waals surface area contributed by atoms with Gasteiger partial charge in [-0.2, -0.15) is 0 Å². The van der Waals surface area contributed by atoms with E-state index in [9.17, 15) is 14.4 Å². The van der Waals surface area contributed by atoms with E-state index in [0.29, 0.717) is 6.42 Å². The molecule has 96 valence electrons. The Bertz CT molecular complexity index is 350. The van der Waals surface area contributed by atoms with E-state index in [4.69, 9.17) is 10.2 Å². The van der Waals surface area contributed by atoms with Crippen molar-refractivity contribution in [2.45, 2.75) is 26.7 Å². The minimum Gasteiger partial charge on any atom is -0.481 e. The van der Waals surface area contributed by atoms with Gasteiger partial charge in [0, 0.05) is 13.0 Å². The van der Waals surface area contributed by atoms with Gasteiger partial charge in [0.25, 0.3) is 0 Å². The van der Waals surface area contributed by atoms with Crippen molar-refractivity contribution in [1.82, 2.24) is 5.32 Å². The van der Waals surface area contributed by atoms with Crippen molar-refractivity contribution in [3.63, 3.8) is 0 Å². The maximum atomic E-state index is 11.7. The van der Waals surface area contributed by atoms with E-state index < -0.39 is 29.2 Å². The van der Waals surface area contributed by atoms with Gasteiger partial charge in [-0.1, -0.05) is 13.8 Å². The second-order valence-electron chi connectivity index (χ2n) is 4.90. The first-order chi connectivity index (χ1) is 7.78. The van der Waals surface area contributed by atoms with Crippen molar-refractivity contribution < 1.29 is 24.6 Å². The Morgan fingerprint density at radius 2 is 1.76 bits per heavy atom. The van der Waals surface area contributed by atoms with Crippen LogP contribution >= 0.6 is 0 Å². The minimum absolute atomic E-state index is 0.00328. The molecule has 1 fully saturated rings. The zero-order valence-corrected chi connectivity index (χ0v) is 9.90. The van der Waals surface area contributed by atoms with E-state index in [1.54, 1.807) is 13.8 Å². The summed E-state index contributed by atoms with van der Waals surface area (Å²) in [7, 11) is 0. The molecule has 0 heterocycles. The number of carboxylic acids is 2. The zero-order chi connectivity index (χ0) is 13.2. The summed E-state index contributed by atoms with van der Waals surface area (Å²) in [5.74, 6) is -3.31. The first-order valence-electron chi connectivity index (χ1n) is 5.50. The van der Waals surface area contributed by atoms with E-state index in [1.807, 2.05) is 0 Å². The Kier molecular flexibility index (Phi) is 3.75. The number of aliphatic carboxylic acids is 2. The monoisotopic (exact) mass is 243 g/mol. The largest absolute Gasteiger partial charge is 0.481 e. The number of nitrogens with one attached hydrogen (secondary N) is 1. The van der Waals surface area contributed by atoms with Crippen molar-refractivity contribution in [3.8, 4) is 0 Å². The van der Waals surface area contributed by atoms with E-state index in [2.05, 4.69) is 5.32 Å². The summed E-state index contributed by atoms with van der Waals surface area (Å²) >= 11 is 0. The van der Waals surface area contributed by atoms with Gasteiger partial charge in [0.15, 0.2) is 0 Å². The molecular formula is C11H17NO5. The van der Waals surface area contributed by atoms with Gasteiger partial charge in [0.1, 0.15) is 0 Å². The van der Waals surface area contributed by atoms with Crippen molar-refractivity contribution in [1.29, 1.82) is 0 Å². The summed E-state index contributed by atoms with van der Waals surface area (Å²) in [4.78, 5) is 32.8. The molecule has 1 saturated carbocycles. The highest BCUT2D eigenvalue weighted by molar-refractivity contribution is 5.91. The topological polar surface area (TPSA) is 104 Å². The third-order valence-corrected chi connectivity index (χ3v) is 3.24. The second-order valence-corrected chi connectivity index (χ2v) is 4.90. The first kappa shape index (κ1) is 13.5. The molecule has 0 unspecified atom stereocenters. The molecule has 0 aromatic heterocycles. The van der Waals surface area contributed by atoms with Crippen LogP contribution in [0.5, 0.6) is 0 Å². The summed E-state index contributed by atoms with van der Waals surface area (Å²) in [6.45, 7) is 3.75. The predicted molar refractivity (Wildman–Crippen MR) is 58.3 cm³/mol. The molecule has 6 nitrogen and oxygen atoms in total. The summed E-state index contributed by atoms with van der Waals surface area (Å²) in [5.41, 5.74) is -0.511. The van der Waals surface area contributed by atoms with E-state index in [1.165, 1.54) is 0 Å². The van der Waals surface area contributed by atoms with Crippen LogP contribution in [0.3, 0.4) is 0 Å². The SMILES string of the molecule is CC1(C)[C@@H](C(=O)O)[C@@H]1C(=O)NCCCC(=O)O. The van der Waals surface area contributed by atoms with Crippen LogP contribution in [0.25, 0.3) is 0 Å². The van der Waals surface area contributed by atoms with Crippen molar-refractivity contribution >= 4 is 17.8 Å². The van der Waals surface area contributed by atoms with Gasteiger partial charge in [0.05, 0.1) is 11.8 Å². The lowest BCUT2D eigenvalue weighted by Crippen LogP contribution is -2.28. The highest BCUT2D eigenvalue weighted by atomic mass is 16.4. The predicted octanol–water partition coefficient (Wildman–Crippen LogP) is 0.324. The minimum atomic E-state index is -0.958. The standard InChI is InChI=1S/C11H17NO5/c1-11(2)7(8(11)10(16)17)9(15)12-5-3-4-6(13)14/h7-8H,3-5H2,1-2H3,(H,12,15)(H,13,14)(H,16,17)/t7-,8-/m1/s1. The molecule has 1 aliphatic carbocycles. The van der Waals surface area contributed by atoms with Crippen LogP contribution in [0.15, 0.2) is 0 Å². The van der Waals surface area contributed by atoms with Gasteiger partial charge in [-0.25, -0.2) is 0 Å². The van der Waals surface area contributed by atoms with E-state index >= 15 is 0 Å². The number of rotatable bonds is 6. The van der Waals surface area contributed by atoms with E-state index in [-0.39, 0.29) is 18.9 Å². The van der Waals surface area contributed by atoms with Crippen LogP contribution in [0, 0.1) is 17.3 Å². The van der Waals surface area contributed by atoms with Crippen LogP contribution in [-0.4, -0.2) is 34.6 Å². The molecule has 6 heteroatoms. The molecule has 1 amide bonds. The molecule has 0 bridgehead atoms. The van der Waals surface area contributed by atoms with Crippen LogP contribution in [0.1, 0.15) is 26.7 Å². The van der Waals surface area contributed by atoms with Gasteiger partial charge < -0.3 is 15.5 Å². The van der Waals surface area contributed by atoms with Crippen molar-refractivity contribution in [2.24, 2.45) is 17.3 Å². The molecule has 17 heavy (non-hydrogen) atoms. The van der Waals surface area contributed by atoms with E-state index in [0.717, 1.165) is 0 Å². The van der Waals surface area contributed by atoms with Gasteiger partial charge in [0.2, 0.25) is 5.91 Å². The van der Waals surface area contributed by atoms with Crippen LogP contribution in [-0.2, 0) is 14.4 Å². The lowest BCUT2D eigenvalue weighted by molar-refractivity contribution is -0.140. The number of carbonyl (C=O) groups excluding carboxylic acids is 1. The molecule has 0 aromatic carbocycles. The second kappa shape index (κ2) is 4.73. The van der Waals surface area contributed by atoms with Gasteiger partial charge in [-0.05, 0) is 11.8 Å². The number of carboxylic acid groups (broad SMARTS) is 2. The summed E-state index contributed by atoms with van der Waals surface area (Å²) in [6, 6.07) is 0. The molecular weight excluding hydrogens is 226 g/mol. The quantitative estimate of drug-likeness (QED) is 0.583. The Morgan fingerprint density at radius 1 is 1.18 bits per heavy atom. The molecule has 1 aliphatic rings. The highest BCUT2D eigenvalue weighted by Gasteiger charge is 2.65. The third-order valence-electron chi connectivity index (χ3n) is 3.24. The number of hydrogen-bond donors (Lipinski definition) is 3. The van der Waals surface area contributed by atoms with Crippen LogP contribution in [0.4, 0.5) is 0 Å². The molecule has 0 radical (unpaired) electrons. The lowest BCUT2D eigenvalue weighted by Gasteiger charge is -2.04. The molecule has 0 saturated heterocycles. The lowest BCUT2D eigenvalue weighted by atomic mass is 10.1. The number of carbonyl (C=O) groups is 3. The molecule has 0 spiro atoms. The number of amides is 1. The fourth-order valence-electron chi connectivity index (χ4n) is 2.15. The Hall–Kier alpha value is -1.59. The highest BCUT2D eigenvalue weighted by Crippen LogP contribution is 2.58. The average molecular weight is 243 g/mol. The van der Waals surface area contributed by atoms with Crippen LogP contribution in [0.2, 0.25) is 0 Å². The van der Waals surface area contributed by atoms with Crippen molar-refractivity contribution in [3.05, 3.63) is 0 Å². The normalized spacial score (nSPS) is 25.1. The molecule has 0 aromatic rings. The average Bonchev–Trinajstić information content (AvgIpc) is 2.76. The third kappa shape index (κ3) is 2.95. The van der Waals surface area contributed by atoms with Gasteiger partial charge in [-0.3, -0.25) is 14.4 Å². The fraction of sp³-hybridized carbons (Fsp3) is 0.727. The zero-order valence-electron chi connectivity index (χ0n) is 9.90. The summed E-state index contributed by atoms with van der Waals surface area (Å²) in [6.07, 6.45) is 0.350. The van der Waals surface area contributed by atoms with Crippen molar-refractivity contribution in [2.75, 3.05) is 6.54 Å². The molecule has 2 atom stereocenters. The number of hydrogen-bond acceptors (Lipinski definition) is 3. The van der Waals surface area contributed by atoms with Gasteiger partial charge >= 0.3 is 11.9 Å². The molecule has 0 aliphatic heterocycles.